The van der Waals surface area contributed by atoms with Crippen LogP contribution in [0.1, 0.15) is 37.7 Å². The van der Waals surface area contributed by atoms with E-state index in [1.165, 1.54) is 12.1 Å². The van der Waals surface area contributed by atoms with Crippen molar-refractivity contribution in [1.82, 2.24) is 20.5 Å². The van der Waals surface area contributed by atoms with Gasteiger partial charge in [-0.1, -0.05) is 32.6 Å². The predicted molar refractivity (Wildman–Crippen MR) is 158 cm³/mol. The van der Waals surface area contributed by atoms with Crippen molar-refractivity contribution in [3.8, 4) is 11.5 Å². The summed E-state index contributed by atoms with van der Waals surface area (Å²) in [6.45, 7) is 13.5. The van der Waals surface area contributed by atoms with E-state index in [2.05, 4.69) is 33.2 Å². The number of halogens is 2. The number of nitrogens with one attached hydrogen (secondary N) is 2. The molecule has 2 N–H and O–H groups in total. The molecule has 2 aliphatic rings. The van der Waals surface area contributed by atoms with Gasteiger partial charge in [0.1, 0.15) is 23.1 Å². The highest BCUT2D eigenvalue weighted by Gasteiger charge is 2.21. The number of morpholine rings is 1. The standard InChI is InChI=1S/C30H30F2N4O2.C2H6.H2/c1-20-27(21(2)35-19-22-14-24(31)17-25(32)15-22)4-3-5-29(20)38-26-7-9-33-28(18-26)23-6-8-34-30(16-23)36-10-12-37-13-11-36;1-2;/h3-9,14-18,30,34-35H,2,10-13,19H2,1H3;1-2H3;1H. The average molecular weight is 549 g/mol. The second kappa shape index (κ2) is 13.9. The zero-order valence-electron chi connectivity index (χ0n) is 23.2. The van der Waals surface area contributed by atoms with E-state index in [-0.39, 0.29) is 14.1 Å². The molecule has 0 radical (unpaired) electrons. The molecule has 0 aliphatic carbocycles. The molecule has 3 heterocycles. The Morgan fingerprint density at radius 3 is 2.65 bits per heavy atom. The highest BCUT2D eigenvalue weighted by atomic mass is 19.1. The van der Waals surface area contributed by atoms with Gasteiger partial charge in [0.2, 0.25) is 0 Å². The lowest BCUT2D eigenvalue weighted by Gasteiger charge is -2.34. The van der Waals surface area contributed by atoms with Gasteiger partial charge in [0.15, 0.2) is 0 Å². The molecule has 40 heavy (non-hydrogen) atoms. The average Bonchev–Trinajstić information content (AvgIpc) is 2.98. The molecule has 5 rings (SSSR count). The molecule has 1 atom stereocenters. The van der Waals surface area contributed by atoms with Crippen LogP contribution in [0.4, 0.5) is 8.78 Å². The number of hydrogen-bond donors (Lipinski definition) is 2. The summed E-state index contributed by atoms with van der Waals surface area (Å²) >= 11 is 0. The van der Waals surface area contributed by atoms with E-state index >= 15 is 0 Å². The smallest absolute Gasteiger partial charge is 0.131 e. The normalized spacial score (nSPS) is 16.7. The van der Waals surface area contributed by atoms with Gasteiger partial charge in [0.05, 0.1) is 25.1 Å². The second-order valence-electron chi connectivity index (χ2n) is 9.23. The molecular weight excluding hydrogens is 510 g/mol. The van der Waals surface area contributed by atoms with Gasteiger partial charge in [-0.15, -0.1) is 0 Å². The largest absolute Gasteiger partial charge is 0.457 e. The maximum absolute atomic E-state index is 13.5. The van der Waals surface area contributed by atoms with E-state index in [1.54, 1.807) is 6.20 Å². The van der Waals surface area contributed by atoms with Crippen molar-refractivity contribution in [1.29, 1.82) is 0 Å². The second-order valence-corrected chi connectivity index (χ2v) is 9.23. The van der Waals surface area contributed by atoms with E-state index in [4.69, 9.17) is 9.47 Å². The number of aromatic nitrogens is 1. The summed E-state index contributed by atoms with van der Waals surface area (Å²) in [5.41, 5.74) is 4.71. The van der Waals surface area contributed by atoms with Crippen LogP contribution in [0, 0.1) is 18.6 Å². The summed E-state index contributed by atoms with van der Waals surface area (Å²) < 4.78 is 38.8. The fraction of sp³-hybridized carbons (Fsp3) is 0.281. The highest BCUT2D eigenvalue weighted by Crippen LogP contribution is 2.31. The number of ether oxygens (including phenoxy) is 2. The topological polar surface area (TPSA) is 58.7 Å². The van der Waals surface area contributed by atoms with E-state index in [9.17, 15) is 8.78 Å². The maximum atomic E-state index is 13.5. The molecule has 1 unspecified atom stereocenters. The first-order valence-corrected chi connectivity index (χ1v) is 13.5. The molecule has 2 aromatic carbocycles. The third kappa shape index (κ3) is 7.34. The Bertz CT molecular complexity index is 1370. The lowest BCUT2D eigenvalue weighted by atomic mass is 10.0. The zero-order chi connectivity index (χ0) is 28.5. The molecule has 3 aromatic rings. The first-order chi connectivity index (χ1) is 19.5. The van der Waals surface area contributed by atoms with Crippen molar-refractivity contribution in [2.75, 3.05) is 26.3 Å². The van der Waals surface area contributed by atoms with Crippen LogP contribution >= 0.6 is 0 Å². The Labute approximate surface area is 236 Å². The summed E-state index contributed by atoms with van der Waals surface area (Å²) in [6.07, 6.45) is 7.96. The van der Waals surface area contributed by atoms with Crippen LogP contribution in [0.3, 0.4) is 0 Å². The number of allylic oxidation sites excluding steroid dienone is 2. The number of dihydropyridines is 1. The minimum absolute atomic E-state index is 0. The van der Waals surface area contributed by atoms with Gasteiger partial charge in [-0.05, 0) is 55.1 Å². The Balaban J connectivity index is 0.00000151. The third-order valence-corrected chi connectivity index (χ3v) is 6.60. The van der Waals surface area contributed by atoms with Crippen molar-refractivity contribution in [3.63, 3.8) is 0 Å². The lowest BCUT2D eigenvalue weighted by Crippen LogP contribution is -2.48. The molecule has 212 valence electrons. The molecule has 8 heteroatoms. The predicted octanol–water partition coefficient (Wildman–Crippen LogP) is 6.65. The van der Waals surface area contributed by atoms with Crippen molar-refractivity contribution >= 4 is 11.3 Å². The first kappa shape index (κ1) is 29.0. The van der Waals surface area contributed by atoms with E-state index in [1.807, 2.05) is 63.4 Å². The van der Waals surface area contributed by atoms with Crippen LogP contribution in [0.5, 0.6) is 11.5 Å². The van der Waals surface area contributed by atoms with Crippen LogP contribution in [-0.2, 0) is 11.3 Å². The Morgan fingerprint density at radius 1 is 1.15 bits per heavy atom. The van der Waals surface area contributed by atoms with Gasteiger partial charge in [0, 0.05) is 61.8 Å². The van der Waals surface area contributed by atoms with Gasteiger partial charge >= 0.3 is 0 Å². The van der Waals surface area contributed by atoms with Crippen LogP contribution in [0.15, 0.2) is 79.7 Å². The lowest BCUT2D eigenvalue weighted by molar-refractivity contribution is 0.0219. The van der Waals surface area contributed by atoms with Crippen LogP contribution in [0.25, 0.3) is 11.3 Å². The minimum Gasteiger partial charge on any atom is -0.457 e. The van der Waals surface area contributed by atoms with Gasteiger partial charge in [-0.3, -0.25) is 9.88 Å². The summed E-state index contributed by atoms with van der Waals surface area (Å²) in [5, 5.41) is 6.56. The van der Waals surface area contributed by atoms with E-state index in [0.717, 1.165) is 54.8 Å². The number of pyridine rings is 1. The minimum atomic E-state index is -0.608. The summed E-state index contributed by atoms with van der Waals surface area (Å²) in [4.78, 5) is 6.91. The molecular formula is C32H38F2N4O2. The monoisotopic (exact) mass is 548 g/mol. The van der Waals surface area contributed by atoms with Crippen molar-refractivity contribution in [3.05, 3.63) is 114 Å². The zero-order valence-corrected chi connectivity index (χ0v) is 23.2. The molecule has 0 spiro atoms. The Kier molecular flexibility index (Phi) is 10.0. The van der Waals surface area contributed by atoms with E-state index < -0.39 is 11.6 Å². The Hall–Kier alpha value is -4.01. The van der Waals surface area contributed by atoms with Gasteiger partial charge < -0.3 is 20.1 Å². The van der Waals surface area contributed by atoms with Gasteiger partial charge in [-0.25, -0.2) is 8.78 Å². The maximum Gasteiger partial charge on any atom is 0.131 e. The molecule has 0 bridgehead atoms. The molecule has 2 aliphatic heterocycles. The molecule has 6 nitrogen and oxygen atoms in total. The Morgan fingerprint density at radius 2 is 1.90 bits per heavy atom. The van der Waals surface area contributed by atoms with E-state index in [0.29, 0.717) is 22.8 Å². The van der Waals surface area contributed by atoms with Crippen molar-refractivity contribution in [2.45, 2.75) is 33.5 Å². The SMILES string of the molecule is C=C(NCc1cc(F)cc(F)c1)c1cccc(Oc2ccnc(C3=CC(N4CCOCC4)NC=C3)c2)c1C.CC.[HH]. The number of rotatable bonds is 8. The fourth-order valence-corrected chi connectivity index (χ4v) is 4.58. The third-order valence-electron chi connectivity index (χ3n) is 6.60. The fourth-order valence-electron chi connectivity index (χ4n) is 4.58. The number of hydrogen-bond acceptors (Lipinski definition) is 6. The van der Waals surface area contributed by atoms with Crippen LogP contribution in [-0.4, -0.2) is 42.4 Å². The van der Waals surface area contributed by atoms with Gasteiger partial charge in [-0.2, -0.15) is 0 Å². The summed E-state index contributed by atoms with van der Waals surface area (Å²) in [5.74, 6) is 0.131. The van der Waals surface area contributed by atoms with Crippen molar-refractivity contribution in [2.24, 2.45) is 0 Å². The molecule has 1 fully saturated rings. The molecule has 1 aromatic heterocycles. The first-order valence-electron chi connectivity index (χ1n) is 13.5. The van der Waals surface area contributed by atoms with Crippen LogP contribution in [0.2, 0.25) is 0 Å². The van der Waals surface area contributed by atoms with Crippen molar-refractivity contribution < 1.29 is 19.7 Å². The number of benzene rings is 2. The van der Waals surface area contributed by atoms with Gasteiger partial charge in [0.25, 0.3) is 0 Å². The summed E-state index contributed by atoms with van der Waals surface area (Å²) in [6, 6.07) is 12.9. The number of nitrogens with zero attached hydrogens (tertiary/aromatic N) is 2. The van der Waals surface area contributed by atoms with Crippen LogP contribution < -0.4 is 15.4 Å². The molecule has 0 amide bonds. The molecule has 1 saturated heterocycles. The highest BCUT2D eigenvalue weighted by molar-refractivity contribution is 5.74. The molecule has 0 saturated carbocycles. The quantitative estimate of drug-likeness (QED) is 0.329. The summed E-state index contributed by atoms with van der Waals surface area (Å²) in [7, 11) is 0.